The monoisotopic (exact) mass is 204 g/mol. The van der Waals surface area contributed by atoms with Gasteiger partial charge in [-0.1, -0.05) is 27.7 Å². The lowest BCUT2D eigenvalue weighted by Crippen LogP contribution is -2.32. The van der Waals surface area contributed by atoms with Crippen LogP contribution >= 0.6 is 23.5 Å². The molecule has 4 atom stereocenters. The molecule has 1 saturated heterocycles. The van der Waals surface area contributed by atoms with Gasteiger partial charge in [-0.25, -0.2) is 0 Å². The first-order valence-corrected chi connectivity index (χ1v) is 6.88. The molecule has 0 N–H and O–H groups in total. The van der Waals surface area contributed by atoms with Gasteiger partial charge >= 0.3 is 0 Å². The second-order valence-electron chi connectivity index (χ2n) is 3.58. The van der Waals surface area contributed by atoms with E-state index in [1.165, 1.54) is 12.8 Å². The van der Waals surface area contributed by atoms with Gasteiger partial charge in [0.25, 0.3) is 0 Å². The van der Waals surface area contributed by atoms with Crippen LogP contribution in [-0.4, -0.2) is 21.0 Å². The maximum absolute atomic E-state index is 2.39. The van der Waals surface area contributed by atoms with Crippen LogP contribution < -0.4 is 0 Å². The van der Waals surface area contributed by atoms with Crippen LogP contribution in [0.2, 0.25) is 0 Å². The summed E-state index contributed by atoms with van der Waals surface area (Å²) < 4.78 is 0. The van der Waals surface area contributed by atoms with Crippen molar-refractivity contribution in [2.24, 2.45) is 0 Å². The molecule has 0 radical (unpaired) electrons. The third kappa shape index (κ3) is 2.35. The Hall–Kier alpha value is 0.700. The lowest BCUT2D eigenvalue weighted by molar-refractivity contribution is 0.735. The molecule has 1 heterocycles. The van der Waals surface area contributed by atoms with E-state index in [-0.39, 0.29) is 0 Å². The highest BCUT2D eigenvalue weighted by Crippen LogP contribution is 2.42. The Morgan fingerprint density at radius 2 is 1.17 bits per heavy atom. The lowest BCUT2D eigenvalue weighted by atomic mass is 10.2. The highest BCUT2D eigenvalue weighted by Gasteiger charge is 2.31. The average molecular weight is 204 g/mol. The van der Waals surface area contributed by atoms with Crippen LogP contribution in [0.3, 0.4) is 0 Å². The van der Waals surface area contributed by atoms with Crippen LogP contribution in [0.25, 0.3) is 0 Å². The van der Waals surface area contributed by atoms with E-state index in [0.717, 1.165) is 21.0 Å². The van der Waals surface area contributed by atoms with Gasteiger partial charge in [-0.3, -0.25) is 0 Å². The summed E-state index contributed by atoms with van der Waals surface area (Å²) in [5.41, 5.74) is 0. The summed E-state index contributed by atoms with van der Waals surface area (Å²) >= 11 is 4.41. The van der Waals surface area contributed by atoms with E-state index in [4.69, 9.17) is 0 Å². The molecule has 12 heavy (non-hydrogen) atoms. The second kappa shape index (κ2) is 4.80. The van der Waals surface area contributed by atoms with E-state index in [9.17, 15) is 0 Å². The molecule has 0 aromatic rings. The molecule has 72 valence electrons. The van der Waals surface area contributed by atoms with Gasteiger partial charge in [-0.05, 0) is 12.8 Å². The minimum absolute atomic E-state index is 0.862. The van der Waals surface area contributed by atoms with Crippen molar-refractivity contribution in [2.45, 2.75) is 61.5 Å². The number of hydrogen-bond acceptors (Lipinski definition) is 2. The standard InChI is InChI=1S/C10H20S2/c1-5-9-7(3)12-10(6-2)8(4)11-9/h7-10H,5-6H2,1-4H3. The molecule has 0 aliphatic carbocycles. The highest BCUT2D eigenvalue weighted by atomic mass is 32.2. The molecular formula is C10H20S2. The van der Waals surface area contributed by atoms with E-state index in [2.05, 4.69) is 51.2 Å². The van der Waals surface area contributed by atoms with Gasteiger partial charge in [0.2, 0.25) is 0 Å². The minimum Gasteiger partial charge on any atom is -0.153 e. The predicted molar refractivity (Wildman–Crippen MR) is 62.3 cm³/mol. The van der Waals surface area contributed by atoms with Crippen LogP contribution in [0, 0.1) is 0 Å². The predicted octanol–water partition coefficient (Wildman–Crippen LogP) is 3.80. The fourth-order valence-corrected chi connectivity index (χ4v) is 5.24. The van der Waals surface area contributed by atoms with Crippen molar-refractivity contribution >= 4 is 23.5 Å². The molecule has 0 spiro atoms. The second-order valence-corrected chi connectivity index (χ2v) is 6.82. The van der Waals surface area contributed by atoms with Crippen molar-refractivity contribution in [3.8, 4) is 0 Å². The molecular weight excluding hydrogens is 184 g/mol. The van der Waals surface area contributed by atoms with Crippen molar-refractivity contribution in [1.29, 1.82) is 0 Å². The smallest absolute Gasteiger partial charge is 0.0164 e. The molecule has 1 rings (SSSR count). The molecule has 0 aromatic carbocycles. The van der Waals surface area contributed by atoms with Gasteiger partial charge in [-0.2, -0.15) is 23.5 Å². The lowest BCUT2D eigenvalue weighted by Gasteiger charge is -2.37. The summed E-state index contributed by atoms with van der Waals surface area (Å²) in [5, 5.41) is 3.52. The molecule has 1 aliphatic heterocycles. The highest BCUT2D eigenvalue weighted by molar-refractivity contribution is 8.07. The summed E-state index contributed by atoms with van der Waals surface area (Å²) in [5.74, 6) is 0. The molecule has 0 saturated carbocycles. The zero-order chi connectivity index (χ0) is 9.14. The van der Waals surface area contributed by atoms with Gasteiger partial charge in [0.15, 0.2) is 0 Å². The Morgan fingerprint density at radius 1 is 0.833 bits per heavy atom. The summed E-state index contributed by atoms with van der Waals surface area (Å²) in [4.78, 5) is 0. The van der Waals surface area contributed by atoms with Gasteiger partial charge in [0, 0.05) is 21.0 Å². The van der Waals surface area contributed by atoms with E-state index in [1.807, 2.05) is 0 Å². The fourth-order valence-electron chi connectivity index (χ4n) is 1.80. The Labute approximate surface area is 85.3 Å². The Balaban J connectivity index is 2.49. The van der Waals surface area contributed by atoms with Gasteiger partial charge in [0.1, 0.15) is 0 Å². The minimum atomic E-state index is 0.862. The van der Waals surface area contributed by atoms with Crippen LogP contribution in [0.5, 0.6) is 0 Å². The van der Waals surface area contributed by atoms with Crippen molar-refractivity contribution in [2.75, 3.05) is 0 Å². The van der Waals surface area contributed by atoms with Gasteiger partial charge in [-0.15, -0.1) is 0 Å². The number of rotatable bonds is 2. The van der Waals surface area contributed by atoms with Crippen LogP contribution in [0.1, 0.15) is 40.5 Å². The van der Waals surface area contributed by atoms with Crippen LogP contribution in [0.15, 0.2) is 0 Å². The van der Waals surface area contributed by atoms with E-state index < -0.39 is 0 Å². The molecule has 0 aromatic heterocycles. The zero-order valence-corrected chi connectivity index (χ0v) is 10.2. The maximum Gasteiger partial charge on any atom is 0.0164 e. The van der Waals surface area contributed by atoms with E-state index in [0.29, 0.717) is 0 Å². The molecule has 4 unspecified atom stereocenters. The van der Waals surface area contributed by atoms with Crippen molar-refractivity contribution < 1.29 is 0 Å². The number of thioether (sulfide) groups is 2. The first-order chi connectivity index (χ1) is 5.69. The van der Waals surface area contributed by atoms with Crippen molar-refractivity contribution in [3.05, 3.63) is 0 Å². The Bertz CT molecular complexity index is 120. The van der Waals surface area contributed by atoms with Crippen LogP contribution in [0.4, 0.5) is 0 Å². The van der Waals surface area contributed by atoms with Gasteiger partial charge < -0.3 is 0 Å². The Kier molecular flexibility index (Phi) is 4.31. The quantitative estimate of drug-likeness (QED) is 0.671. The molecule has 0 nitrogen and oxygen atoms in total. The van der Waals surface area contributed by atoms with Gasteiger partial charge in [0.05, 0.1) is 0 Å². The normalized spacial score (nSPS) is 43.0. The van der Waals surface area contributed by atoms with E-state index >= 15 is 0 Å². The molecule has 1 aliphatic rings. The third-order valence-corrected chi connectivity index (χ3v) is 6.67. The van der Waals surface area contributed by atoms with Crippen LogP contribution in [-0.2, 0) is 0 Å². The SMILES string of the molecule is CCC1SC(C)C(CC)SC1C. The molecule has 0 amide bonds. The first kappa shape index (κ1) is 10.8. The first-order valence-electron chi connectivity index (χ1n) is 4.99. The summed E-state index contributed by atoms with van der Waals surface area (Å²) in [6.45, 7) is 9.40. The summed E-state index contributed by atoms with van der Waals surface area (Å²) in [6.07, 6.45) is 2.67. The fraction of sp³-hybridized carbons (Fsp3) is 1.00. The maximum atomic E-state index is 2.39. The topological polar surface area (TPSA) is 0 Å². The molecule has 1 fully saturated rings. The van der Waals surface area contributed by atoms with E-state index in [1.54, 1.807) is 0 Å². The van der Waals surface area contributed by atoms with Crippen molar-refractivity contribution in [1.82, 2.24) is 0 Å². The van der Waals surface area contributed by atoms with Crippen molar-refractivity contribution in [3.63, 3.8) is 0 Å². The largest absolute Gasteiger partial charge is 0.153 e. The summed E-state index contributed by atoms with van der Waals surface area (Å²) in [6, 6.07) is 0. The Morgan fingerprint density at radius 3 is 1.42 bits per heavy atom. The summed E-state index contributed by atoms with van der Waals surface area (Å²) in [7, 11) is 0. The molecule has 0 bridgehead atoms. The molecule has 2 heteroatoms. The average Bonchev–Trinajstić information content (AvgIpc) is 2.08. The zero-order valence-electron chi connectivity index (χ0n) is 8.54. The number of hydrogen-bond donors (Lipinski definition) is 0. The third-order valence-electron chi connectivity index (χ3n) is 2.63.